The number of hydrogen-bond acceptors (Lipinski definition) is 11. The highest BCUT2D eigenvalue weighted by atomic mass is 16.6. The lowest BCUT2D eigenvalue weighted by Crippen LogP contribution is -2.37. The molecule has 0 aliphatic carbocycles. The van der Waals surface area contributed by atoms with Crippen LogP contribution in [0.2, 0.25) is 0 Å². The molecule has 0 aliphatic rings. The highest BCUT2D eigenvalue weighted by molar-refractivity contribution is 5.84. The molecule has 4 rings (SSSR count). The van der Waals surface area contributed by atoms with Crippen LogP contribution in [0, 0.1) is 0 Å². The maximum absolute atomic E-state index is 12.4. The molecular weight excluding hydrogens is 496 g/mol. The minimum Gasteiger partial charge on any atom is -0.392 e. The molecule has 196 valence electrons. The first-order valence-corrected chi connectivity index (χ1v) is 10.6. The average Bonchev–Trinajstić information content (AvgIpc) is 3.35. The van der Waals surface area contributed by atoms with Gasteiger partial charge in [-0.3, -0.25) is 41.8 Å². The number of rotatable bonds is 5. The molecule has 0 radical (unpaired) electrons. The van der Waals surface area contributed by atoms with E-state index in [9.17, 15) is 33.9 Å². The lowest BCUT2D eigenvalue weighted by atomic mass is 10.2. The summed E-state index contributed by atoms with van der Waals surface area (Å²) >= 11 is 0. The molecule has 0 saturated heterocycles. The van der Waals surface area contributed by atoms with E-state index < -0.39 is 53.0 Å². The first kappa shape index (κ1) is 25.3. The zero-order valence-electron chi connectivity index (χ0n) is 20.6. The molecule has 17 nitrogen and oxygen atoms in total. The van der Waals surface area contributed by atoms with Gasteiger partial charge >= 0.3 is 35.3 Å². The number of carbonyl (C=O) groups is 2. The Morgan fingerprint density at radius 3 is 1.54 bits per heavy atom. The Morgan fingerprint density at radius 1 is 0.703 bits per heavy atom. The van der Waals surface area contributed by atoms with E-state index in [1.54, 1.807) is 0 Å². The molecule has 0 saturated carbocycles. The quantitative estimate of drug-likeness (QED) is 0.258. The van der Waals surface area contributed by atoms with Crippen LogP contribution in [0.25, 0.3) is 22.3 Å². The summed E-state index contributed by atoms with van der Waals surface area (Å²) in [5.41, 5.74) is -2.71. The van der Waals surface area contributed by atoms with Crippen LogP contribution in [0.5, 0.6) is 12.0 Å². The molecule has 17 heteroatoms. The Kier molecular flexibility index (Phi) is 5.95. The first-order chi connectivity index (χ1) is 17.3. The smallest absolute Gasteiger partial charge is 0.343 e. The Balaban J connectivity index is 1.54. The van der Waals surface area contributed by atoms with Gasteiger partial charge < -0.3 is 14.6 Å². The third-order valence-electron chi connectivity index (χ3n) is 5.90. The van der Waals surface area contributed by atoms with Crippen molar-refractivity contribution in [1.82, 2.24) is 37.4 Å². The summed E-state index contributed by atoms with van der Waals surface area (Å²) in [6.45, 7) is 0. The predicted molar refractivity (Wildman–Crippen MR) is 124 cm³/mol. The number of aliphatic hydroxyl groups is 1. The van der Waals surface area contributed by atoms with Crippen LogP contribution in [0.4, 0.5) is 0 Å². The van der Waals surface area contributed by atoms with Crippen molar-refractivity contribution >= 4 is 34.3 Å². The Bertz CT molecular complexity index is 1860. The van der Waals surface area contributed by atoms with Gasteiger partial charge in [0, 0.05) is 42.3 Å². The molecule has 0 fully saturated rings. The monoisotopic (exact) mass is 518 g/mol. The van der Waals surface area contributed by atoms with Crippen LogP contribution in [0.15, 0.2) is 19.2 Å². The zero-order valence-corrected chi connectivity index (χ0v) is 20.6. The number of nitrogens with zero attached hydrogens (tertiary/aromatic N) is 8. The molecule has 0 aromatic carbocycles. The number of ether oxygens (including phenoxy) is 2. The molecule has 37 heavy (non-hydrogen) atoms. The van der Waals surface area contributed by atoms with Crippen molar-refractivity contribution in [3.05, 3.63) is 41.7 Å². The van der Waals surface area contributed by atoms with Crippen LogP contribution in [0.1, 0.15) is 6.42 Å². The average molecular weight is 518 g/mol. The fourth-order valence-electron chi connectivity index (χ4n) is 3.72. The second kappa shape index (κ2) is 8.70. The van der Waals surface area contributed by atoms with Gasteiger partial charge in [-0.2, -0.15) is 9.97 Å². The maximum atomic E-state index is 12.4. The number of imidazole rings is 2. The van der Waals surface area contributed by atoms with Crippen molar-refractivity contribution in [3.63, 3.8) is 0 Å². The third kappa shape index (κ3) is 3.84. The van der Waals surface area contributed by atoms with Crippen molar-refractivity contribution in [1.29, 1.82) is 0 Å². The van der Waals surface area contributed by atoms with E-state index in [1.807, 2.05) is 0 Å². The molecule has 4 heterocycles. The third-order valence-corrected chi connectivity index (χ3v) is 5.90. The minimum atomic E-state index is -1.99. The minimum absolute atomic E-state index is 0.00486. The second-order valence-electron chi connectivity index (χ2n) is 8.28. The van der Waals surface area contributed by atoms with E-state index in [2.05, 4.69) is 9.97 Å². The highest BCUT2D eigenvalue weighted by Gasteiger charge is 2.27. The normalized spacial score (nSPS) is 12.3. The van der Waals surface area contributed by atoms with E-state index in [4.69, 9.17) is 9.47 Å². The van der Waals surface area contributed by atoms with Crippen LogP contribution in [0.3, 0.4) is 0 Å². The van der Waals surface area contributed by atoms with Gasteiger partial charge in [0.1, 0.15) is 0 Å². The first-order valence-electron chi connectivity index (χ1n) is 10.6. The van der Waals surface area contributed by atoms with Crippen molar-refractivity contribution in [2.24, 2.45) is 42.3 Å². The lowest BCUT2D eigenvalue weighted by molar-refractivity contribution is -0.150. The van der Waals surface area contributed by atoms with Crippen molar-refractivity contribution < 1.29 is 24.2 Å². The number of hydrogen-bond donors (Lipinski definition) is 1. The van der Waals surface area contributed by atoms with E-state index in [-0.39, 0.29) is 28.3 Å². The van der Waals surface area contributed by atoms with Crippen LogP contribution < -0.4 is 32.0 Å². The number of esters is 2. The fourth-order valence-corrected chi connectivity index (χ4v) is 3.72. The summed E-state index contributed by atoms with van der Waals surface area (Å²) in [6.07, 6.45) is -2.85. The molecule has 0 spiro atoms. The SMILES string of the molecule is Cn1c(=O)c2c(nc(OC(=O)CC(O)C(=O)Oc3nc4c(c(=O)n(C)c(=O)n4C)n3C)n2C)n(C)c1=O. The number of aryl methyl sites for hydroxylation is 4. The molecule has 1 unspecified atom stereocenters. The lowest BCUT2D eigenvalue weighted by Gasteiger charge is -2.09. The van der Waals surface area contributed by atoms with Crippen molar-refractivity contribution in [2.45, 2.75) is 12.5 Å². The van der Waals surface area contributed by atoms with Crippen LogP contribution in [-0.4, -0.2) is 60.5 Å². The van der Waals surface area contributed by atoms with Crippen LogP contribution in [-0.2, 0) is 51.9 Å². The summed E-state index contributed by atoms with van der Waals surface area (Å²) in [4.78, 5) is 81.9. The van der Waals surface area contributed by atoms with Crippen LogP contribution >= 0.6 is 0 Å². The fraction of sp³-hybridized carbons (Fsp3) is 0.400. The zero-order chi connectivity index (χ0) is 27.5. The molecule has 1 N–H and O–H groups in total. The van der Waals surface area contributed by atoms with Gasteiger partial charge in [-0.1, -0.05) is 0 Å². The number of aromatic nitrogens is 8. The molecule has 0 bridgehead atoms. The molecular formula is C20H22N8O9. The van der Waals surface area contributed by atoms with E-state index in [0.29, 0.717) is 0 Å². The molecule has 0 amide bonds. The van der Waals surface area contributed by atoms with Crippen molar-refractivity contribution in [2.75, 3.05) is 0 Å². The van der Waals surface area contributed by atoms with Gasteiger partial charge in [0.05, 0.1) is 6.42 Å². The summed E-state index contributed by atoms with van der Waals surface area (Å²) in [7, 11) is 8.08. The Labute approximate surface area is 204 Å². The molecule has 4 aromatic rings. The largest absolute Gasteiger partial charge is 0.392 e. The van der Waals surface area contributed by atoms with Gasteiger partial charge in [-0.15, -0.1) is 0 Å². The van der Waals surface area contributed by atoms with Gasteiger partial charge in [0.25, 0.3) is 11.1 Å². The van der Waals surface area contributed by atoms with Gasteiger partial charge in [-0.25, -0.2) is 14.4 Å². The van der Waals surface area contributed by atoms with Gasteiger partial charge in [0.15, 0.2) is 28.4 Å². The summed E-state index contributed by atoms with van der Waals surface area (Å²) in [5, 5.41) is 10.2. The maximum Gasteiger partial charge on any atom is 0.343 e. The summed E-state index contributed by atoms with van der Waals surface area (Å²) < 4.78 is 16.3. The standard InChI is InChI=1S/C20H22N8O9/c1-23-10-12(25(3)19(34)27(5)14(10)31)21-17(23)36-9(30)7-8(29)16(33)37-18-22-13-11(24(18)2)15(32)28(6)20(35)26(13)4/h8,29H,7H2,1-6H3. The molecule has 4 aromatic heterocycles. The second-order valence-corrected chi connectivity index (χ2v) is 8.28. The summed E-state index contributed by atoms with van der Waals surface area (Å²) in [5.74, 6) is -2.37. The number of carbonyl (C=O) groups excluding carboxylic acids is 2. The molecule has 1 atom stereocenters. The van der Waals surface area contributed by atoms with Gasteiger partial charge in [0.2, 0.25) is 0 Å². The predicted octanol–water partition coefficient (Wildman–Crippen LogP) is -3.48. The Hall–Kier alpha value is -4.80. The Morgan fingerprint density at radius 2 is 1.11 bits per heavy atom. The molecule has 0 aliphatic heterocycles. The van der Waals surface area contributed by atoms with E-state index >= 15 is 0 Å². The number of fused-ring (bicyclic) bond motifs is 2. The highest BCUT2D eigenvalue weighted by Crippen LogP contribution is 2.18. The van der Waals surface area contributed by atoms with E-state index in [1.165, 1.54) is 42.3 Å². The number of aliphatic hydroxyl groups excluding tert-OH is 1. The summed E-state index contributed by atoms with van der Waals surface area (Å²) in [6, 6.07) is -0.733. The van der Waals surface area contributed by atoms with E-state index in [0.717, 1.165) is 27.4 Å². The van der Waals surface area contributed by atoms with Gasteiger partial charge in [-0.05, 0) is 0 Å². The van der Waals surface area contributed by atoms with Crippen molar-refractivity contribution in [3.8, 4) is 12.0 Å². The topological polar surface area (TPSA) is 196 Å².